The highest BCUT2D eigenvalue weighted by Crippen LogP contribution is 2.35. The van der Waals surface area contributed by atoms with E-state index in [0.29, 0.717) is 18.1 Å². The van der Waals surface area contributed by atoms with Gasteiger partial charge in [-0.2, -0.15) is 0 Å². The second kappa shape index (κ2) is 7.88. The first-order valence-electron chi connectivity index (χ1n) is 8.41. The lowest BCUT2D eigenvalue weighted by Crippen LogP contribution is -2.16. The van der Waals surface area contributed by atoms with E-state index >= 15 is 0 Å². The minimum absolute atomic E-state index is 0.428. The molecule has 0 saturated carbocycles. The summed E-state index contributed by atoms with van der Waals surface area (Å²) >= 11 is 0. The number of hydrogen-bond donors (Lipinski definition) is 1. The molecule has 4 rings (SSSR count). The summed E-state index contributed by atoms with van der Waals surface area (Å²) in [6.45, 7) is 5.25. The lowest BCUT2D eigenvalue weighted by Gasteiger charge is -2.13. The van der Waals surface area contributed by atoms with Gasteiger partial charge in [0.1, 0.15) is 24.1 Å². The molecular formula is C19H22N6O. The molecule has 4 heterocycles. The minimum Gasteiger partial charge on any atom is -0.383 e. The third-order valence-corrected chi connectivity index (χ3v) is 4.49. The van der Waals surface area contributed by atoms with Crippen molar-refractivity contribution >= 4 is 23.1 Å². The number of aromatic nitrogens is 4. The van der Waals surface area contributed by atoms with Gasteiger partial charge < -0.3 is 15.2 Å². The molecule has 3 aromatic heterocycles. The molecule has 26 heavy (non-hydrogen) atoms. The Labute approximate surface area is 152 Å². The van der Waals surface area contributed by atoms with Gasteiger partial charge in [-0.1, -0.05) is 6.58 Å². The van der Waals surface area contributed by atoms with Crippen LogP contribution in [0.3, 0.4) is 0 Å². The molecule has 134 valence electrons. The summed E-state index contributed by atoms with van der Waals surface area (Å²) < 4.78 is 2.26. The smallest absolute Gasteiger partial charge is 0.146 e. The Morgan fingerprint density at radius 3 is 2.65 bits per heavy atom. The number of rotatable bonds is 3. The number of fused-ring (bicyclic) bond motifs is 1. The Bertz CT molecular complexity index is 899. The standard InChI is InChI=1S/C16H18N6.C3H4O/c1-21-7-4-12(8-21)22-9-13(11-2-5-18-6-3-11)14-15(17)19-10-20-16(14)22;1-2-3-4/h2-3,5-6,9-10,12H,4,7-8H2,1H3,(H2,17,19,20);2-3H,1H2. The van der Waals surface area contributed by atoms with Crippen molar-refractivity contribution in [1.82, 2.24) is 24.4 Å². The Kier molecular flexibility index (Phi) is 5.38. The van der Waals surface area contributed by atoms with E-state index in [1.54, 1.807) is 18.7 Å². The van der Waals surface area contributed by atoms with Crippen LogP contribution in [0.1, 0.15) is 12.5 Å². The zero-order valence-electron chi connectivity index (χ0n) is 14.7. The Hall–Kier alpha value is -3.06. The number of carbonyl (C=O) groups is 1. The van der Waals surface area contributed by atoms with E-state index in [4.69, 9.17) is 10.5 Å². The average molecular weight is 350 g/mol. The molecule has 1 aliphatic rings. The van der Waals surface area contributed by atoms with Crippen molar-refractivity contribution in [1.29, 1.82) is 0 Å². The fourth-order valence-corrected chi connectivity index (χ4v) is 3.28. The molecule has 0 aliphatic carbocycles. The number of allylic oxidation sites excluding steroid dienone is 1. The summed E-state index contributed by atoms with van der Waals surface area (Å²) in [5.74, 6) is 0.530. The van der Waals surface area contributed by atoms with E-state index in [1.807, 2.05) is 12.1 Å². The van der Waals surface area contributed by atoms with Crippen LogP contribution in [0.2, 0.25) is 0 Å². The number of carbonyl (C=O) groups excluding carboxylic acids is 1. The summed E-state index contributed by atoms with van der Waals surface area (Å²) in [7, 11) is 2.15. The van der Waals surface area contributed by atoms with E-state index < -0.39 is 0 Å². The highest BCUT2D eigenvalue weighted by molar-refractivity contribution is 6.00. The number of pyridine rings is 1. The Balaban J connectivity index is 0.000000447. The summed E-state index contributed by atoms with van der Waals surface area (Å²) in [5.41, 5.74) is 9.22. The molecule has 0 aromatic carbocycles. The zero-order chi connectivity index (χ0) is 18.5. The van der Waals surface area contributed by atoms with E-state index in [2.05, 4.69) is 44.2 Å². The van der Waals surface area contributed by atoms with E-state index in [1.165, 1.54) is 6.08 Å². The van der Waals surface area contributed by atoms with Crippen LogP contribution < -0.4 is 5.73 Å². The molecule has 0 bridgehead atoms. The van der Waals surface area contributed by atoms with Crippen molar-refractivity contribution in [3.05, 3.63) is 49.7 Å². The third kappa shape index (κ3) is 3.48. The zero-order valence-corrected chi connectivity index (χ0v) is 14.7. The third-order valence-electron chi connectivity index (χ3n) is 4.49. The van der Waals surface area contributed by atoms with E-state index in [9.17, 15) is 0 Å². The lowest BCUT2D eigenvalue weighted by molar-refractivity contribution is -0.104. The van der Waals surface area contributed by atoms with Crippen molar-refractivity contribution in [3.8, 4) is 11.1 Å². The summed E-state index contributed by atoms with van der Waals surface area (Å²) in [6, 6.07) is 4.41. The molecule has 0 spiro atoms. The summed E-state index contributed by atoms with van der Waals surface area (Å²) in [6.07, 6.45) is 10.3. The number of hydrogen-bond acceptors (Lipinski definition) is 6. The van der Waals surface area contributed by atoms with Gasteiger partial charge in [-0.3, -0.25) is 9.78 Å². The summed E-state index contributed by atoms with van der Waals surface area (Å²) in [5, 5.41) is 0.934. The van der Waals surface area contributed by atoms with Gasteiger partial charge in [0, 0.05) is 36.7 Å². The molecule has 1 saturated heterocycles. The van der Waals surface area contributed by atoms with Gasteiger partial charge in [0.05, 0.1) is 5.39 Å². The summed E-state index contributed by atoms with van der Waals surface area (Å²) in [4.78, 5) is 24.2. The maximum absolute atomic E-state index is 9.06. The first-order valence-corrected chi connectivity index (χ1v) is 8.41. The molecular weight excluding hydrogens is 328 g/mol. The van der Waals surface area contributed by atoms with E-state index in [0.717, 1.165) is 41.7 Å². The highest BCUT2D eigenvalue weighted by atomic mass is 16.1. The second-order valence-electron chi connectivity index (χ2n) is 6.22. The molecule has 3 aromatic rings. The molecule has 1 atom stereocenters. The van der Waals surface area contributed by atoms with E-state index in [-0.39, 0.29) is 0 Å². The molecule has 0 amide bonds. The van der Waals surface area contributed by atoms with Gasteiger partial charge >= 0.3 is 0 Å². The fourth-order valence-electron chi connectivity index (χ4n) is 3.28. The molecule has 7 nitrogen and oxygen atoms in total. The van der Waals surface area contributed by atoms with Crippen LogP contribution in [0.15, 0.2) is 49.7 Å². The monoisotopic (exact) mass is 350 g/mol. The molecule has 7 heteroatoms. The molecule has 1 unspecified atom stereocenters. The van der Waals surface area contributed by atoms with Gasteiger partial charge in [0.15, 0.2) is 0 Å². The van der Waals surface area contributed by atoms with Crippen LogP contribution in [0.25, 0.3) is 22.2 Å². The largest absolute Gasteiger partial charge is 0.383 e. The Morgan fingerprint density at radius 2 is 2.04 bits per heavy atom. The number of anilines is 1. The number of nitrogen functional groups attached to an aromatic ring is 1. The number of aldehydes is 1. The van der Waals surface area contributed by atoms with Crippen molar-refractivity contribution in [2.45, 2.75) is 12.5 Å². The van der Waals surface area contributed by atoms with Gasteiger partial charge in [-0.15, -0.1) is 0 Å². The minimum atomic E-state index is 0.428. The predicted octanol–water partition coefficient (Wildman–Crippen LogP) is 2.32. The number of likely N-dealkylation sites (tertiary alicyclic amines) is 1. The number of nitrogens with two attached hydrogens (primary N) is 1. The number of nitrogens with zero attached hydrogens (tertiary/aromatic N) is 5. The van der Waals surface area contributed by atoms with Crippen LogP contribution in [0.4, 0.5) is 5.82 Å². The van der Waals surface area contributed by atoms with Crippen LogP contribution in [-0.4, -0.2) is 50.8 Å². The molecule has 1 fully saturated rings. The number of likely N-dealkylation sites (N-methyl/N-ethyl adjacent to an activating group) is 1. The van der Waals surface area contributed by atoms with Crippen molar-refractivity contribution in [3.63, 3.8) is 0 Å². The highest BCUT2D eigenvalue weighted by Gasteiger charge is 2.25. The quantitative estimate of drug-likeness (QED) is 0.576. The van der Waals surface area contributed by atoms with Crippen molar-refractivity contribution in [2.24, 2.45) is 0 Å². The first kappa shape index (κ1) is 17.8. The first-order chi connectivity index (χ1) is 12.7. The van der Waals surface area contributed by atoms with Crippen molar-refractivity contribution in [2.75, 3.05) is 25.9 Å². The lowest BCUT2D eigenvalue weighted by atomic mass is 10.1. The normalized spacial score (nSPS) is 16.9. The predicted molar refractivity (Wildman–Crippen MR) is 103 cm³/mol. The van der Waals surface area contributed by atoms with Crippen LogP contribution in [0.5, 0.6) is 0 Å². The van der Waals surface area contributed by atoms with Crippen molar-refractivity contribution < 1.29 is 4.79 Å². The Morgan fingerprint density at radius 1 is 1.31 bits per heavy atom. The maximum atomic E-state index is 9.06. The van der Waals surface area contributed by atoms with Gasteiger partial charge in [-0.05, 0) is 43.8 Å². The van der Waals surface area contributed by atoms with Crippen LogP contribution in [0, 0.1) is 0 Å². The van der Waals surface area contributed by atoms with Gasteiger partial charge in [0.2, 0.25) is 0 Å². The molecule has 0 radical (unpaired) electrons. The maximum Gasteiger partial charge on any atom is 0.146 e. The fraction of sp³-hybridized carbons (Fsp3) is 0.263. The van der Waals surface area contributed by atoms with Crippen LogP contribution in [-0.2, 0) is 4.79 Å². The average Bonchev–Trinajstić information content (AvgIpc) is 3.27. The SMILES string of the molecule is C=CC=O.CN1CCC(n2cc(-c3ccncc3)c3c(N)ncnc32)C1. The second-order valence-corrected chi connectivity index (χ2v) is 6.22. The van der Waals surface area contributed by atoms with Crippen LogP contribution >= 0.6 is 0 Å². The molecule has 2 N–H and O–H groups in total. The topological polar surface area (TPSA) is 89.9 Å². The van der Waals surface area contributed by atoms with Gasteiger partial charge in [0.25, 0.3) is 0 Å². The van der Waals surface area contributed by atoms with Gasteiger partial charge in [-0.25, -0.2) is 9.97 Å². The molecule has 1 aliphatic heterocycles.